The van der Waals surface area contributed by atoms with Crippen LogP contribution < -0.4 is 9.46 Å². The van der Waals surface area contributed by atoms with Gasteiger partial charge in [-0.3, -0.25) is 0 Å². The van der Waals surface area contributed by atoms with Crippen molar-refractivity contribution < 1.29 is 26.3 Å². The van der Waals surface area contributed by atoms with Crippen molar-refractivity contribution in [1.29, 1.82) is 0 Å². The number of morpholine rings is 1. The van der Waals surface area contributed by atoms with E-state index in [0.717, 1.165) is 5.56 Å². The van der Waals surface area contributed by atoms with Crippen LogP contribution in [0.4, 0.5) is 0 Å². The average Bonchev–Trinajstić information content (AvgIpc) is 2.71. The van der Waals surface area contributed by atoms with E-state index in [4.69, 9.17) is 9.47 Å². The van der Waals surface area contributed by atoms with Gasteiger partial charge in [-0.2, -0.15) is 4.31 Å². The number of hydrogen-bond acceptors (Lipinski definition) is 6. The normalized spacial score (nSPS) is 15.7. The highest BCUT2D eigenvalue weighted by molar-refractivity contribution is 7.89. The monoisotopic (exact) mass is 468 g/mol. The van der Waals surface area contributed by atoms with Crippen molar-refractivity contribution in [3.8, 4) is 5.75 Å². The van der Waals surface area contributed by atoms with Gasteiger partial charge in [0.1, 0.15) is 12.4 Å². The van der Waals surface area contributed by atoms with Crippen molar-refractivity contribution in [2.45, 2.75) is 30.6 Å². The van der Waals surface area contributed by atoms with Gasteiger partial charge in [-0.05, 0) is 56.2 Å². The summed E-state index contributed by atoms with van der Waals surface area (Å²) in [5, 5.41) is 0. The Balaban J connectivity index is 1.57. The van der Waals surface area contributed by atoms with Gasteiger partial charge in [0.2, 0.25) is 20.0 Å². The molecule has 8 nitrogen and oxygen atoms in total. The predicted molar refractivity (Wildman–Crippen MR) is 117 cm³/mol. The first kappa shape index (κ1) is 23.7. The van der Waals surface area contributed by atoms with Gasteiger partial charge in [0.25, 0.3) is 0 Å². The highest BCUT2D eigenvalue weighted by Gasteiger charge is 2.26. The third-order valence-electron chi connectivity index (χ3n) is 4.97. The minimum Gasteiger partial charge on any atom is -0.492 e. The summed E-state index contributed by atoms with van der Waals surface area (Å²) in [7, 11) is -7.22. The van der Waals surface area contributed by atoms with E-state index in [1.807, 2.05) is 19.1 Å². The molecule has 170 valence electrons. The summed E-state index contributed by atoms with van der Waals surface area (Å²) in [5.74, 6) is 0.461. The molecule has 0 unspecified atom stereocenters. The van der Waals surface area contributed by atoms with Gasteiger partial charge in [-0.15, -0.1) is 0 Å². The fourth-order valence-electron chi connectivity index (χ4n) is 3.65. The number of hydrogen-bond donors (Lipinski definition) is 1. The number of sulfonamides is 2. The summed E-state index contributed by atoms with van der Waals surface area (Å²) in [6, 6.07) is 9.79. The molecule has 0 saturated carbocycles. The van der Waals surface area contributed by atoms with Gasteiger partial charge < -0.3 is 9.47 Å². The van der Waals surface area contributed by atoms with E-state index < -0.39 is 20.0 Å². The number of benzene rings is 2. The first-order valence-electron chi connectivity index (χ1n) is 9.99. The van der Waals surface area contributed by atoms with Gasteiger partial charge in [0, 0.05) is 19.6 Å². The molecule has 0 aromatic heterocycles. The van der Waals surface area contributed by atoms with Crippen LogP contribution in [0.5, 0.6) is 5.75 Å². The Hall–Kier alpha value is -1.98. The molecule has 1 aliphatic heterocycles. The zero-order valence-corrected chi connectivity index (χ0v) is 19.6. The number of aryl methyl sites for hydroxylation is 3. The topological polar surface area (TPSA) is 102 Å². The maximum atomic E-state index is 12.7. The van der Waals surface area contributed by atoms with Gasteiger partial charge in [0.15, 0.2) is 0 Å². The maximum absolute atomic E-state index is 12.7. The van der Waals surface area contributed by atoms with E-state index in [1.54, 1.807) is 26.0 Å². The van der Waals surface area contributed by atoms with Crippen LogP contribution in [0.15, 0.2) is 46.2 Å². The third-order valence-corrected chi connectivity index (χ3v) is 8.65. The van der Waals surface area contributed by atoms with E-state index in [2.05, 4.69) is 4.72 Å². The summed E-state index contributed by atoms with van der Waals surface area (Å²) >= 11 is 0. The largest absolute Gasteiger partial charge is 0.492 e. The molecule has 1 saturated heterocycles. The van der Waals surface area contributed by atoms with Crippen molar-refractivity contribution >= 4 is 20.0 Å². The Morgan fingerprint density at radius 2 is 1.55 bits per heavy atom. The summed E-state index contributed by atoms with van der Waals surface area (Å²) < 4.78 is 65.3. The van der Waals surface area contributed by atoms with E-state index >= 15 is 0 Å². The molecule has 1 N–H and O–H groups in total. The molecule has 3 rings (SSSR count). The molecule has 0 aliphatic carbocycles. The molecule has 2 aromatic carbocycles. The van der Waals surface area contributed by atoms with Crippen molar-refractivity contribution in [2.75, 3.05) is 39.5 Å². The molecule has 0 bridgehead atoms. The van der Waals surface area contributed by atoms with Crippen LogP contribution in [-0.4, -0.2) is 60.6 Å². The van der Waals surface area contributed by atoms with Crippen molar-refractivity contribution in [1.82, 2.24) is 9.03 Å². The van der Waals surface area contributed by atoms with E-state index in [-0.39, 0.29) is 22.9 Å². The van der Waals surface area contributed by atoms with Crippen LogP contribution in [0.2, 0.25) is 0 Å². The number of nitrogens with one attached hydrogen (secondary N) is 1. The first-order valence-corrected chi connectivity index (χ1v) is 12.9. The Morgan fingerprint density at radius 1 is 0.968 bits per heavy atom. The molecule has 31 heavy (non-hydrogen) atoms. The zero-order chi connectivity index (χ0) is 22.6. The van der Waals surface area contributed by atoms with Gasteiger partial charge >= 0.3 is 0 Å². The zero-order valence-electron chi connectivity index (χ0n) is 17.9. The second-order valence-corrected chi connectivity index (χ2v) is 11.1. The van der Waals surface area contributed by atoms with E-state index in [1.165, 1.54) is 16.4 Å². The van der Waals surface area contributed by atoms with Crippen LogP contribution in [0, 0.1) is 20.8 Å². The molecule has 0 radical (unpaired) electrons. The average molecular weight is 469 g/mol. The predicted octanol–water partition coefficient (Wildman–Crippen LogP) is 1.99. The Kier molecular flexibility index (Phi) is 7.38. The van der Waals surface area contributed by atoms with Crippen LogP contribution in [0.3, 0.4) is 0 Å². The molecule has 1 aliphatic rings. The van der Waals surface area contributed by atoms with E-state index in [0.29, 0.717) is 43.2 Å². The van der Waals surface area contributed by atoms with Crippen LogP contribution >= 0.6 is 0 Å². The summed E-state index contributed by atoms with van der Waals surface area (Å²) in [6.07, 6.45) is 0. The standard InChI is InChI=1S/C21H28N2O6S2/c1-16-14-17(2)21(18(3)15-16)30(24,25)22-8-11-29-19-4-6-20(7-5-19)31(26,27)23-9-12-28-13-10-23/h4-7,14-15,22H,8-13H2,1-3H3. The lowest BCUT2D eigenvalue weighted by molar-refractivity contribution is 0.0730. The molecular formula is C21H28N2O6S2. The molecule has 10 heteroatoms. The van der Waals surface area contributed by atoms with Gasteiger partial charge in [-0.25, -0.2) is 21.6 Å². The lowest BCUT2D eigenvalue weighted by atomic mass is 10.1. The van der Waals surface area contributed by atoms with Gasteiger partial charge in [0.05, 0.1) is 23.0 Å². The minimum absolute atomic E-state index is 0.0862. The van der Waals surface area contributed by atoms with Crippen molar-refractivity contribution in [3.05, 3.63) is 53.1 Å². The molecule has 0 atom stereocenters. The molecule has 2 aromatic rings. The molecule has 0 amide bonds. The second-order valence-electron chi connectivity index (χ2n) is 7.46. The first-order chi connectivity index (χ1) is 14.6. The summed E-state index contributed by atoms with van der Waals surface area (Å²) in [5.41, 5.74) is 2.40. The van der Waals surface area contributed by atoms with Crippen LogP contribution in [0.25, 0.3) is 0 Å². The van der Waals surface area contributed by atoms with Crippen LogP contribution in [0.1, 0.15) is 16.7 Å². The lowest BCUT2D eigenvalue weighted by Crippen LogP contribution is -2.40. The molecular weight excluding hydrogens is 440 g/mol. The smallest absolute Gasteiger partial charge is 0.243 e. The number of rotatable bonds is 8. The summed E-state index contributed by atoms with van der Waals surface area (Å²) in [6.45, 7) is 7.11. The minimum atomic E-state index is -3.66. The Labute approximate surface area is 184 Å². The quantitative estimate of drug-likeness (QED) is 0.595. The molecule has 0 spiro atoms. The van der Waals surface area contributed by atoms with Crippen molar-refractivity contribution in [2.24, 2.45) is 0 Å². The Bertz CT molecular complexity index is 1100. The summed E-state index contributed by atoms with van der Waals surface area (Å²) in [4.78, 5) is 0.476. The van der Waals surface area contributed by atoms with Crippen LogP contribution in [-0.2, 0) is 24.8 Å². The maximum Gasteiger partial charge on any atom is 0.243 e. The second kappa shape index (κ2) is 9.66. The van der Waals surface area contributed by atoms with Crippen molar-refractivity contribution in [3.63, 3.8) is 0 Å². The highest BCUT2D eigenvalue weighted by Crippen LogP contribution is 2.22. The van der Waals surface area contributed by atoms with E-state index in [9.17, 15) is 16.8 Å². The molecule has 1 fully saturated rings. The fraction of sp³-hybridized carbons (Fsp3) is 0.429. The highest BCUT2D eigenvalue weighted by atomic mass is 32.2. The lowest BCUT2D eigenvalue weighted by Gasteiger charge is -2.26. The number of ether oxygens (including phenoxy) is 2. The molecule has 1 heterocycles. The third kappa shape index (κ3) is 5.64. The SMILES string of the molecule is Cc1cc(C)c(S(=O)(=O)NCCOc2ccc(S(=O)(=O)N3CCOCC3)cc2)c(C)c1. The fourth-order valence-corrected chi connectivity index (χ4v) is 6.52. The Morgan fingerprint density at radius 3 is 2.13 bits per heavy atom. The van der Waals surface area contributed by atoms with Gasteiger partial charge in [-0.1, -0.05) is 17.7 Å². The number of nitrogens with zero attached hydrogens (tertiary/aromatic N) is 1.